The molecule has 1 aromatic rings. The molecule has 2 heterocycles. The predicted octanol–water partition coefficient (Wildman–Crippen LogP) is 0.646. The van der Waals surface area contributed by atoms with Crippen LogP contribution in [0.2, 0.25) is 0 Å². The third-order valence-corrected chi connectivity index (χ3v) is 2.87. The van der Waals surface area contributed by atoms with Gasteiger partial charge in [0.1, 0.15) is 0 Å². The Hall–Kier alpha value is -0.840. The molecule has 4 heteroatoms. The average molecular weight is 210 g/mol. The molecule has 0 aromatic carbocycles. The van der Waals surface area contributed by atoms with E-state index in [9.17, 15) is 5.11 Å². The van der Waals surface area contributed by atoms with E-state index in [1.807, 2.05) is 18.5 Å². The van der Waals surface area contributed by atoms with Gasteiger partial charge in [-0.3, -0.25) is 0 Å². The van der Waals surface area contributed by atoms with E-state index in [1.54, 1.807) is 0 Å². The predicted molar refractivity (Wildman–Crippen MR) is 57.5 cm³/mol. The third-order valence-electron chi connectivity index (χ3n) is 2.87. The van der Waals surface area contributed by atoms with Crippen molar-refractivity contribution in [2.75, 3.05) is 19.8 Å². The van der Waals surface area contributed by atoms with E-state index in [0.717, 1.165) is 19.4 Å². The number of hydrogen-bond donors (Lipinski definition) is 3. The van der Waals surface area contributed by atoms with Gasteiger partial charge in [0.05, 0.1) is 5.60 Å². The van der Waals surface area contributed by atoms with Crippen molar-refractivity contribution in [2.45, 2.75) is 25.0 Å². The first kappa shape index (κ1) is 10.7. The van der Waals surface area contributed by atoms with Crippen LogP contribution in [-0.4, -0.2) is 35.5 Å². The fraction of sp³-hybridized carbons (Fsp3) is 0.636. The highest BCUT2D eigenvalue weighted by molar-refractivity contribution is 5.07. The zero-order chi connectivity index (χ0) is 10.6. The summed E-state index contributed by atoms with van der Waals surface area (Å²) < 4.78 is 5.22. The molecule has 4 nitrogen and oxygen atoms in total. The van der Waals surface area contributed by atoms with Crippen molar-refractivity contribution < 1.29 is 9.84 Å². The highest BCUT2D eigenvalue weighted by atomic mass is 16.5. The molecule has 0 amide bonds. The zero-order valence-corrected chi connectivity index (χ0v) is 8.83. The topological polar surface area (TPSA) is 57.3 Å². The summed E-state index contributed by atoms with van der Waals surface area (Å²) in [5, 5.41) is 13.4. The Balaban J connectivity index is 1.72. The van der Waals surface area contributed by atoms with Gasteiger partial charge in [0.15, 0.2) is 0 Å². The Labute approximate surface area is 89.6 Å². The summed E-state index contributed by atoms with van der Waals surface area (Å²) in [7, 11) is 0. The van der Waals surface area contributed by atoms with Crippen molar-refractivity contribution in [3.05, 3.63) is 24.0 Å². The minimum atomic E-state index is -0.575. The summed E-state index contributed by atoms with van der Waals surface area (Å²) in [6.07, 6.45) is 5.32. The molecule has 0 spiro atoms. The first-order chi connectivity index (χ1) is 7.29. The quantitative estimate of drug-likeness (QED) is 0.683. The van der Waals surface area contributed by atoms with Gasteiger partial charge in [0, 0.05) is 51.5 Å². The molecule has 1 saturated heterocycles. The van der Waals surface area contributed by atoms with Crippen molar-refractivity contribution >= 4 is 0 Å². The van der Waals surface area contributed by atoms with Gasteiger partial charge >= 0.3 is 0 Å². The maximum Gasteiger partial charge on any atom is 0.0815 e. The van der Waals surface area contributed by atoms with Crippen LogP contribution in [-0.2, 0) is 11.3 Å². The van der Waals surface area contributed by atoms with Crippen LogP contribution in [0.15, 0.2) is 18.5 Å². The van der Waals surface area contributed by atoms with E-state index in [2.05, 4.69) is 10.3 Å². The first-order valence-corrected chi connectivity index (χ1v) is 5.41. The summed E-state index contributed by atoms with van der Waals surface area (Å²) in [5.41, 5.74) is 0.639. The largest absolute Gasteiger partial charge is 0.388 e. The second kappa shape index (κ2) is 4.79. The Bertz CT molecular complexity index is 279. The monoisotopic (exact) mass is 210 g/mol. The molecule has 0 atom stereocenters. The van der Waals surface area contributed by atoms with E-state index in [4.69, 9.17) is 4.74 Å². The number of nitrogens with one attached hydrogen (secondary N) is 2. The van der Waals surface area contributed by atoms with Crippen molar-refractivity contribution in [1.82, 2.24) is 10.3 Å². The molecule has 0 radical (unpaired) electrons. The fourth-order valence-electron chi connectivity index (χ4n) is 1.84. The maximum absolute atomic E-state index is 10.1. The van der Waals surface area contributed by atoms with Gasteiger partial charge in [-0.15, -0.1) is 0 Å². The zero-order valence-electron chi connectivity index (χ0n) is 8.83. The van der Waals surface area contributed by atoms with Crippen molar-refractivity contribution in [1.29, 1.82) is 0 Å². The molecule has 84 valence electrons. The number of aliphatic hydroxyl groups is 1. The minimum Gasteiger partial charge on any atom is -0.388 e. The van der Waals surface area contributed by atoms with E-state index in [-0.39, 0.29) is 0 Å². The highest BCUT2D eigenvalue weighted by Crippen LogP contribution is 2.19. The van der Waals surface area contributed by atoms with Crippen molar-refractivity contribution in [2.24, 2.45) is 0 Å². The van der Waals surface area contributed by atoms with Gasteiger partial charge in [0.25, 0.3) is 0 Å². The van der Waals surface area contributed by atoms with Crippen LogP contribution in [0.3, 0.4) is 0 Å². The molecule has 0 aliphatic carbocycles. The Morgan fingerprint density at radius 3 is 2.93 bits per heavy atom. The number of H-pyrrole nitrogens is 1. The van der Waals surface area contributed by atoms with Crippen LogP contribution in [0, 0.1) is 0 Å². The smallest absolute Gasteiger partial charge is 0.0815 e. The molecule has 0 saturated carbocycles. The summed E-state index contributed by atoms with van der Waals surface area (Å²) >= 11 is 0. The molecular weight excluding hydrogens is 192 g/mol. The Kier molecular flexibility index (Phi) is 3.41. The summed E-state index contributed by atoms with van der Waals surface area (Å²) in [6.45, 7) is 2.78. The van der Waals surface area contributed by atoms with Crippen LogP contribution in [0.5, 0.6) is 0 Å². The average Bonchev–Trinajstić information content (AvgIpc) is 2.71. The van der Waals surface area contributed by atoms with Crippen LogP contribution >= 0.6 is 0 Å². The molecule has 0 bridgehead atoms. The van der Waals surface area contributed by atoms with Crippen LogP contribution < -0.4 is 5.32 Å². The lowest BCUT2D eigenvalue weighted by Crippen LogP contribution is -2.44. The van der Waals surface area contributed by atoms with Gasteiger partial charge < -0.3 is 20.1 Å². The van der Waals surface area contributed by atoms with Gasteiger partial charge in [-0.1, -0.05) is 0 Å². The molecule has 1 aliphatic rings. The number of aromatic amines is 1. The molecule has 2 rings (SSSR count). The van der Waals surface area contributed by atoms with E-state index in [1.165, 1.54) is 5.56 Å². The SMILES string of the molecule is OC1(CNCc2cc[nH]c2)CCOCC1. The summed E-state index contributed by atoms with van der Waals surface area (Å²) in [4.78, 5) is 3.01. The fourth-order valence-corrected chi connectivity index (χ4v) is 1.84. The molecular formula is C11H18N2O2. The summed E-state index contributed by atoms with van der Waals surface area (Å²) in [6, 6.07) is 2.03. The van der Waals surface area contributed by atoms with Crippen LogP contribution in [0.4, 0.5) is 0 Å². The van der Waals surface area contributed by atoms with Gasteiger partial charge in [0.2, 0.25) is 0 Å². The number of hydrogen-bond acceptors (Lipinski definition) is 3. The maximum atomic E-state index is 10.1. The van der Waals surface area contributed by atoms with Gasteiger partial charge in [-0.05, 0) is 11.6 Å². The van der Waals surface area contributed by atoms with Crippen LogP contribution in [0.1, 0.15) is 18.4 Å². The van der Waals surface area contributed by atoms with Gasteiger partial charge in [-0.25, -0.2) is 0 Å². The third kappa shape index (κ3) is 3.06. The lowest BCUT2D eigenvalue weighted by molar-refractivity contribution is -0.0617. The van der Waals surface area contributed by atoms with E-state index >= 15 is 0 Å². The molecule has 1 aliphatic heterocycles. The van der Waals surface area contributed by atoms with Crippen molar-refractivity contribution in [3.8, 4) is 0 Å². The van der Waals surface area contributed by atoms with Gasteiger partial charge in [-0.2, -0.15) is 0 Å². The van der Waals surface area contributed by atoms with E-state index < -0.39 is 5.60 Å². The Morgan fingerprint density at radius 2 is 2.27 bits per heavy atom. The lowest BCUT2D eigenvalue weighted by atomic mass is 9.94. The second-order valence-electron chi connectivity index (χ2n) is 4.16. The highest BCUT2D eigenvalue weighted by Gasteiger charge is 2.28. The molecule has 0 unspecified atom stereocenters. The molecule has 1 fully saturated rings. The lowest BCUT2D eigenvalue weighted by Gasteiger charge is -2.32. The van der Waals surface area contributed by atoms with Crippen molar-refractivity contribution in [3.63, 3.8) is 0 Å². The number of rotatable bonds is 4. The molecule has 15 heavy (non-hydrogen) atoms. The number of ether oxygens (including phenoxy) is 1. The minimum absolute atomic E-state index is 0.575. The first-order valence-electron chi connectivity index (χ1n) is 5.41. The second-order valence-corrected chi connectivity index (χ2v) is 4.16. The van der Waals surface area contributed by atoms with E-state index in [0.29, 0.717) is 19.8 Å². The molecule has 1 aromatic heterocycles. The molecule has 3 N–H and O–H groups in total. The van der Waals surface area contributed by atoms with Crippen LogP contribution in [0.25, 0.3) is 0 Å². The normalized spacial score (nSPS) is 20.3. The Morgan fingerprint density at radius 1 is 1.47 bits per heavy atom. The summed E-state index contributed by atoms with van der Waals surface area (Å²) in [5.74, 6) is 0. The standard InChI is InChI=1S/C11H18N2O2/c14-11(2-5-15-6-3-11)9-13-8-10-1-4-12-7-10/h1,4,7,12-14H,2-3,5-6,8-9H2. The number of aromatic nitrogens is 1.